The molecule has 0 bridgehead atoms. The van der Waals surface area contributed by atoms with Gasteiger partial charge in [-0.15, -0.1) is 0 Å². The second-order valence-corrected chi connectivity index (χ2v) is 4.80. The highest BCUT2D eigenvalue weighted by Crippen LogP contribution is 2.14. The molecule has 0 atom stereocenters. The van der Waals surface area contributed by atoms with Gasteiger partial charge in [-0.25, -0.2) is 4.98 Å². The fourth-order valence-corrected chi connectivity index (χ4v) is 1.87. The van der Waals surface area contributed by atoms with Crippen molar-refractivity contribution in [2.75, 3.05) is 11.9 Å². The zero-order chi connectivity index (χ0) is 13.8. The van der Waals surface area contributed by atoms with E-state index in [-0.39, 0.29) is 5.78 Å². The molecule has 2 aromatic rings. The summed E-state index contributed by atoms with van der Waals surface area (Å²) in [4.78, 5) is 17.6. The Kier molecular flexibility index (Phi) is 3.95. The van der Waals surface area contributed by atoms with Crippen LogP contribution in [0.2, 0.25) is 0 Å². The molecule has 0 aliphatic rings. The molecule has 0 aliphatic carbocycles. The lowest BCUT2D eigenvalue weighted by Crippen LogP contribution is -2.17. The Morgan fingerprint density at radius 2 is 1.84 bits per heavy atom. The molecule has 0 saturated heterocycles. The summed E-state index contributed by atoms with van der Waals surface area (Å²) < 4.78 is 0. The van der Waals surface area contributed by atoms with E-state index < -0.39 is 0 Å². The maximum atomic E-state index is 11.2. The third kappa shape index (κ3) is 3.41. The normalized spacial score (nSPS) is 10.3. The molecule has 98 valence electrons. The highest BCUT2D eigenvalue weighted by molar-refractivity contribution is 5.93. The van der Waals surface area contributed by atoms with Crippen LogP contribution >= 0.6 is 0 Å². The van der Waals surface area contributed by atoms with Gasteiger partial charge in [0.05, 0.1) is 0 Å². The van der Waals surface area contributed by atoms with Gasteiger partial charge in [-0.1, -0.05) is 29.8 Å². The summed E-state index contributed by atoms with van der Waals surface area (Å²) in [5.41, 5.74) is 3.15. The van der Waals surface area contributed by atoms with Crippen molar-refractivity contribution < 1.29 is 4.79 Å². The molecule has 1 aromatic carbocycles. The Bertz CT molecular complexity index is 558. The minimum Gasteiger partial charge on any atom is -0.355 e. The van der Waals surface area contributed by atoms with Crippen molar-refractivity contribution in [2.45, 2.75) is 20.4 Å². The van der Waals surface area contributed by atoms with E-state index in [0.29, 0.717) is 5.56 Å². The average molecular weight is 254 g/mol. The minimum atomic E-state index is 0.0419. The molecular formula is C16H18N2O. The van der Waals surface area contributed by atoms with Gasteiger partial charge < -0.3 is 4.90 Å². The van der Waals surface area contributed by atoms with Gasteiger partial charge in [0.2, 0.25) is 0 Å². The maximum Gasteiger partial charge on any atom is 0.161 e. The second-order valence-electron chi connectivity index (χ2n) is 4.80. The summed E-state index contributed by atoms with van der Waals surface area (Å²) in [6, 6.07) is 12.2. The van der Waals surface area contributed by atoms with Crippen molar-refractivity contribution in [2.24, 2.45) is 0 Å². The topological polar surface area (TPSA) is 33.2 Å². The molecule has 1 aromatic heterocycles. The average Bonchev–Trinajstić information content (AvgIpc) is 2.41. The van der Waals surface area contributed by atoms with Gasteiger partial charge in [-0.3, -0.25) is 4.79 Å². The Hall–Kier alpha value is -2.16. The van der Waals surface area contributed by atoms with Gasteiger partial charge >= 0.3 is 0 Å². The molecule has 0 saturated carbocycles. The second kappa shape index (κ2) is 5.65. The number of ketones is 1. The number of carbonyl (C=O) groups excluding carboxylic acids is 1. The first-order valence-electron chi connectivity index (χ1n) is 6.30. The van der Waals surface area contributed by atoms with E-state index in [1.54, 1.807) is 13.1 Å². The van der Waals surface area contributed by atoms with Crippen LogP contribution in [0.25, 0.3) is 0 Å². The molecule has 3 heteroatoms. The number of rotatable bonds is 4. The van der Waals surface area contributed by atoms with E-state index in [1.807, 2.05) is 19.2 Å². The fourth-order valence-electron chi connectivity index (χ4n) is 1.87. The fraction of sp³-hybridized carbons (Fsp3) is 0.250. The summed E-state index contributed by atoms with van der Waals surface area (Å²) in [5, 5.41) is 0. The molecule has 19 heavy (non-hydrogen) atoms. The molecule has 0 radical (unpaired) electrons. The SMILES string of the molecule is CC(=O)c1ccc(N(C)Cc2ccc(C)cc2)nc1. The molecule has 0 N–H and O–H groups in total. The monoisotopic (exact) mass is 254 g/mol. The Balaban J connectivity index is 2.09. The van der Waals surface area contributed by atoms with Gasteiger partial charge in [0, 0.05) is 25.4 Å². The number of carbonyl (C=O) groups is 1. The molecule has 0 spiro atoms. The third-order valence-electron chi connectivity index (χ3n) is 3.09. The van der Waals surface area contributed by atoms with E-state index in [9.17, 15) is 4.79 Å². The van der Waals surface area contributed by atoms with Gasteiger partial charge in [-0.2, -0.15) is 0 Å². The lowest BCUT2D eigenvalue weighted by Gasteiger charge is -2.18. The number of nitrogens with zero attached hydrogens (tertiary/aromatic N) is 2. The highest BCUT2D eigenvalue weighted by Gasteiger charge is 2.05. The van der Waals surface area contributed by atoms with E-state index in [0.717, 1.165) is 12.4 Å². The van der Waals surface area contributed by atoms with Crippen LogP contribution in [-0.4, -0.2) is 17.8 Å². The lowest BCUT2D eigenvalue weighted by atomic mass is 10.1. The number of Topliss-reactive ketones (excluding diaryl/α,β-unsaturated/α-hetero) is 1. The maximum absolute atomic E-state index is 11.2. The van der Waals surface area contributed by atoms with Crippen molar-refractivity contribution in [3.63, 3.8) is 0 Å². The van der Waals surface area contributed by atoms with Gasteiger partial charge in [0.15, 0.2) is 5.78 Å². The highest BCUT2D eigenvalue weighted by atomic mass is 16.1. The van der Waals surface area contributed by atoms with Crippen LogP contribution in [0.4, 0.5) is 5.82 Å². The lowest BCUT2D eigenvalue weighted by molar-refractivity contribution is 0.101. The summed E-state index contributed by atoms with van der Waals surface area (Å²) >= 11 is 0. The number of hydrogen-bond donors (Lipinski definition) is 0. The first kappa shape index (κ1) is 13.3. The number of aromatic nitrogens is 1. The number of aryl methyl sites for hydroxylation is 1. The predicted molar refractivity (Wildman–Crippen MR) is 77.5 cm³/mol. The number of pyridine rings is 1. The summed E-state index contributed by atoms with van der Waals surface area (Å²) in [7, 11) is 2.00. The van der Waals surface area contributed by atoms with Crippen LogP contribution in [0.3, 0.4) is 0 Å². The van der Waals surface area contributed by atoms with E-state index in [2.05, 4.69) is 41.1 Å². The Morgan fingerprint density at radius 3 is 2.37 bits per heavy atom. The molecule has 0 fully saturated rings. The minimum absolute atomic E-state index is 0.0419. The van der Waals surface area contributed by atoms with Crippen molar-refractivity contribution in [3.05, 3.63) is 59.3 Å². The van der Waals surface area contributed by atoms with Crippen LogP contribution in [0, 0.1) is 6.92 Å². The van der Waals surface area contributed by atoms with Crippen LogP contribution < -0.4 is 4.90 Å². The van der Waals surface area contributed by atoms with Crippen molar-refractivity contribution in [1.29, 1.82) is 0 Å². The van der Waals surface area contributed by atoms with Crippen LogP contribution in [0.1, 0.15) is 28.4 Å². The standard InChI is InChI=1S/C16H18N2O/c1-12-4-6-14(7-5-12)11-18(3)16-9-8-15(10-17-16)13(2)19/h4-10H,11H2,1-3H3. The van der Waals surface area contributed by atoms with Gasteiger partial charge in [0.1, 0.15) is 5.82 Å². The van der Waals surface area contributed by atoms with Gasteiger partial charge in [0.25, 0.3) is 0 Å². The predicted octanol–water partition coefficient (Wildman–Crippen LogP) is 3.23. The molecule has 2 rings (SSSR count). The molecule has 0 amide bonds. The molecule has 1 heterocycles. The van der Waals surface area contributed by atoms with Crippen LogP contribution in [-0.2, 0) is 6.54 Å². The Labute approximate surface area is 113 Å². The summed E-state index contributed by atoms with van der Waals surface area (Å²) in [5.74, 6) is 0.908. The van der Waals surface area contributed by atoms with Crippen molar-refractivity contribution in [3.8, 4) is 0 Å². The van der Waals surface area contributed by atoms with E-state index in [1.165, 1.54) is 11.1 Å². The number of hydrogen-bond acceptors (Lipinski definition) is 3. The third-order valence-corrected chi connectivity index (χ3v) is 3.09. The number of benzene rings is 1. The smallest absolute Gasteiger partial charge is 0.161 e. The largest absolute Gasteiger partial charge is 0.355 e. The quantitative estimate of drug-likeness (QED) is 0.785. The first-order valence-corrected chi connectivity index (χ1v) is 6.30. The van der Waals surface area contributed by atoms with E-state index >= 15 is 0 Å². The molecular weight excluding hydrogens is 236 g/mol. The van der Waals surface area contributed by atoms with Crippen LogP contribution in [0.15, 0.2) is 42.6 Å². The number of anilines is 1. The van der Waals surface area contributed by atoms with Crippen molar-refractivity contribution >= 4 is 11.6 Å². The zero-order valence-electron chi connectivity index (χ0n) is 11.6. The summed E-state index contributed by atoms with van der Waals surface area (Å²) in [6.45, 7) is 4.43. The molecule has 0 aliphatic heterocycles. The molecule has 3 nitrogen and oxygen atoms in total. The summed E-state index contributed by atoms with van der Waals surface area (Å²) in [6.07, 6.45) is 1.63. The van der Waals surface area contributed by atoms with E-state index in [4.69, 9.17) is 0 Å². The molecule has 0 unspecified atom stereocenters. The zero-order valence-corrected chi connectivity index (χ0v) is 11.6. The first-order chi connectivity index (χ1) is 9.06. The van der Waals surface area contributed by atoms with Gasteiger partial charge in [-0.05, 0) is 31.5 Å². The van der Waals surface area contributed by atoms with Crippen molar-refractivity contribution in [1.82, 2.24) is 4.98 Å². The Morgan fingerprint density at radius 1 is 1.16 bits per heavy atom. The van der Waals surface area contributed by atoms with Crippen LogP contribution in [0.5, 0.6) is 0 Å².